The summed E-state index contributed by atoms with van der Waals surface area (Å²) in [5.74, 6) is -0.239. The van der Waals surface area contributed by atoms with E-state index in [9.17, 15) is 14.3 Å². The van der Waals surface area contributed by atoms with Crippen molar-refractivity contribution < 1.29 is 14.3 Å². The first kappa shape index (κ1) is 19.7. The highest BCUT2D eigenvalue weighted by Crippen LogP contribution is 2.39. The maximum Gasteiger partial charge on any atom is 0.184 e. The molecule has 7 nitrogen and oxygen atoms in total. The van der Waals surface area contributed by atoms with Crippen LogP contribution in [0.3, 0.4) is 0 Å². The fourth-order valence-corrected chi connectivity index (χ4v) is 4.54. The zero-order valence-electron chi connectivity index (χ0n) is 16.8. The molecular weight excluding hydrogens is 397 g/mol. The maximum atomic E-state index is 14.3. The molecule has 31 heavy (non-hydrogen) atoms. The minimum Gasteiger partial charge on any atom is -0.396 e. The van der Waals surface area contributed by atoms with Gasteiger partial charge in [-0.15, -0.1) is 0 Å². The summed E-state index contributed by atoms with van der Waals surface area (Å²) >= 11 is 0. The summed E-state index contributed by atoms with van der Waals surface area (Å²) in [7, 11) is 0. The molecule has 3 aromatic rings. The number of aliphatic hydroxyl groups excluding tert-OH is 1. The minimum atomic E-state index is -0.425. The van der Waals surface area contributed by atoms with Crippen molar-refractivity contribution in [2.24, 2.45) is 4.99 Å². The topological polar surface area (TPSA) is 92.4 Å². The van der Waals surface area contributed by atoms with Gasteiger partial charge in [-0.25, -0.2) is 14.1 Å². The van der Waals surface area contributed by atoms with Crippen molar-refractivity contribution in [3.63, 3.8) is 0 Å². The molecule has 158 valence electrons. The molecule has 2 unspecified atom stereocenters. The predicted octanol–water partition coefficient (Wildman–Crippen LogP) is 2.41. The second-order valence-electron chi connectivity index (χ2n) is 7.78. The summed E-state index contributed by atoms with van der Waals surface area (Å²) in [4.78, 5) is 21.8. The van der Waals surface area contributed by atoms with Crippen LogP contribution >= 0.6 is 0 Å². The number of hydrogen-bond acceptors (Lipinski definition) is 6. The Morgan fingerprint density at radius 2 is 2.06 bits per heavy atom. The largest absolute Gasteiger partial charge is 0.396 e. The fraction of sp³-hybridized carbons (Fsp3) is 0.304. The molecule has 1 aromatic heterocycles. The van der Waals surface area contributed by atoms with Crippen LogP contribution in [-0.4, -0.2) is 44.5 Å². The molecule has 2 aromatic carbocycles. The van der Waals surface area contributed by atoms with Gasteiger partial charge >= 0.3 is 0 Å². The van der Waals surface area contributed by atoms with Gasteiger partial charge in [-0.1, -0.05) is 30.3 Å². The highest BCUT2D eigenvalue weighted by Gasteiger charge is 2.40. The standard InChI is InChI=1S/C23H22FN5O2/c24-16-9-15-11-25-21(14-5-2-1-3-6-14)20(23-27-13-28-29(23)7-4-8-30)22-19(15)17(10-16)18(31)12-26-22/h1-3,5-6,9-10,13,20-21,25,30H,4,7-8,11-12H2. The number of ketones is 1. The van der Waals surface area contributed by atoms with Crippen LogP contribution in [0.25, 0.3) is 0 Å². The number of carbonyl (C=O) groups is 1. The van der Waals surface area contributed by atoms with Crippen molar-refractivity contribution in [2.45, 2.75) is 31.5 Å². The van der Waals surface area contributed by atoms with E-state index in [0.717, 1.165) is 11.3 Å². The molecule has 0 saturated carbocycles. The number of aliphatic hydroxyl groups is 1. The van der Waals surface area contributed by atoms with Crippen LogP contribution in [0, 0.1) is 5.82 Å². The number of nitrogens with zero attached hydrogens (tertiary/aromatic N) is 4. The van der Waals surface area contributed by atoms with Gasteiger partial charge in [0.1, 0.15) is 24.5 Å². The SMILES string of the molecule is O=C1CN=C2c3c(cc(F)cc31)CNC(c1ccccc1)C2c1ncnn1CCCO. The van der Waals surface area contributed by atoms with E-state index >= 15 is 0 Å². The van der Waals surface area contributed by atoms with Gasteiger partial charge in [0.15, 0.2) is 5.78 Å². The first-order valence-electron chi connectivity index (χ1n) is 10.3. The Morgan fingerprint density at radius 3 is 2.87 bits per heavy atom. The lowest BCUT2D eigenvalue weighted by Gasteiger charge is -2.29. The Labute approximate surface area is 178 Å². The summed E-state index contributed by atoms with van der Waals surface area (Å²) in [6.07, 6.45) is 2.05. The van der Waals surface area contributed by atoms with Crippen LogP contribution in [-0.2, 0) is 13.1 Å². The second kappa shape index (κ2) is 8.13. The highest BCUT2D eigenvalue weighted by molar-refractivity contribution is 6.18. The lowest BCUT2D eigenvalue weighted by molar-refractivity contribution is 0.0999. The molecule has 2 aliphatic rings. The van der Waals surface area contributed by atoms with Gasteiger partial charge in [-0.2, -0.15) is 5.10 Å². The number of aromatic nitrogens is 3. The molecule has 0 radical (unpaired) electrons. The third kappa shape index (κ3) is 3.47. The van der Waals surface area contributed by atoms with E-state index < -0.39 is 5.82 Å². The van der Waals surface area contributed by atoms with Gasteiger partial charge < -0.3 is 10.4 Å². The molecule has 2 N–H and O–H groups in total. The summed E-state index contributed by atoms with van der Waals surface area (Å²) in [6, 6.07) is 12.6. The van der Waals surface area contributed by atoms with E-state index in [1.54, 1.807) is 4.68 Å². The molecule has 0 bridgehead atoms. The normalized spacial score (nSPS) is 20.2. The molecule has 0 fully saturated rings. The quantitative estimate of drug-likeness (QED) is 0.663. The number of Topliss-reactive ketones (excluding diaryl/α,β-unsaturated/α-hetero) is 1. The van der Waals surface area contributed by atoms with Gasteiger partial charge in [-0.05, 0) is 29.7 Å². The summed E-state index contributed by atoms with van der Waals surface area (Å²) in [5.41, 5.74) is 3.55. The molecule has 0 spiro atoms. The number of halogens is 1. The van der Waals surface area contributed by atoms with Crippen molar-refractivity contribution in [1.29, 1.82) is 0 Å². The van der Waals surface area contributed by atoms with E-state index in [4.69, 9.17) is 0 Å². The smallest absolute Gasteiger partial charge is 0.184 e. The number of nitrogens with one attached hydrogen (secondary N) is 1. The van der Waals surface area contributed by atoms with Gasteiger partial charge in [0, 0.05) is 36.9 Å². The molecule has 5 rings (SSSR count). The highest BCUT2D eigenvalue weighted by atomic mass is 19.1. The van der Waals surface area contributed by atoms with Crippen LogP contribution < -0.4 is 5.32 Å². The number of aliphatic imine (C=N–C) groups is 1. The van der Waals surface area contributed by atoms with Crippen molar-refractivity contribution in [3.8, 4) is 0 Å². The molecular formula is C23H22FN5O2. The first-order chi connectivity index (χ1) is 15.2. The Kier molecular flexibility index (Phi) is 5.17. The number of benzene rings is 2. The van der Waals surface area contributed by atoms with Crippen LogP contribution in [0.15, 0.2) is 53.8 Å². The van der Waals surface area contributed by atoms with Crippen LogP contribution in [0.1, 0.15) is 51.3 Å². The van der Waals surface area contributed by atoms with E-state index in [2.05, 4.69) is 20.4 Å². The third-order valence-corrected chi connectivity index (χ3v) is 5.89. The Bertz CT molecular complexity index is 1160. The molecule has 0 saturated heterocycles. The maximum absolute atomic E-state index is 14.3. The summed E-state index contributed by atoms with van der Waals surface area (Å²) < 4.78 is 16.1. The predicted molar refractivity (Wildman–Crippen MR) is 113 cm³/mol. The minimum absolute atomic E-state index is 0.0198. The van der Waals surface area contributed by atoms with Gasteiger partial charge in [-0.3, -0.25) is 9.79 Å². The zero-order valence-corrected chi connectivity index (χ0v) is 16.8. The van der Waals surface area contributed by atoms with Crippen molar-refractivity contribution in [1.82, 2.24) is 20.1 Å². The average molecular weight is 419 g/mol. The molecule has 2 aliphatic heterocycles. The van der Waals surface area contributed by atoms with E-state index in [1.807, 2.05) is 30.3 Å². The monoisotopic (exact) mass is 419 g/mol. The van der Waals surface area contributed by atoms with Crippen LogP contribution in [0.2, 0.25) is 0 Å². The number of carbonyl (C=O) groups excluding carboxylic acids is 1. The van der Waals surface area contributed by atoms with E-state index in [-0.39, 0.29) is 30.9 Å². The molecule has 3 heterocycles. The van der Waals surface area contributed by atoms with Crippen LogP contribution in [0.4, 0.5) is 4.39 Å². The zero-order chi connectivity index (χ0) is 21.4. The molecule has 0 aliphatic carbocycles. The second-order valence-corrected chi connectivity index (χ2v) is 7.78. The number of rotatable bonds is 5. The Morgan fingerprint density at radius 1 is 1.23 bits per heavy atom. The first-order valence-corrected chi connectivity index (χ1v) is 10.3. The van der Waals surface area contributed by atoms with Gasteiger partial charge in [0.25, 0.3) is 0 Å². The number of aryl methyl sites for hydroxylation is 1. The fourth-order valence-electron chi connectivity index (χ4n) is 4.54. The van der Waals surface area contributed by atoms with Gasteiger partial charge in [0.05, 0.1) is 11.6 Å². The summed E-state index contributed by atoms with van der Waals surface area (Å²) in [5, 5.41) is 17.2. The lowest BCUT2D eigenvalue weighted by Crippen LogP contribution is -2.33. The number of hydrogen-bond donors (Lipinski definition) is 2. The van der Waals surface area contributed by atoms with E-state index in [0.29, 0.717) is 42.0 Å². The van der Waals surface area contributed by atoms with Crippen LogP contribution in [0.5, 0.6) is 0 Å². The summed E-state index contributed by atoms with van der Waals surface area (Å²) in [6.45, 7) is 0.937. The molecule has 8 heteroatoms. The van der Waals surface area contributed by atoms with E-state index in [1.165, 1.54) is 18.5 Å². The Balaban J connectivity index is 1.72. The average Bonchev–Trinajstić information content (AvgIpc) is 3.18. The van der Waals surface area contributed by atoms with Gasteiger partial charge in [0.2, 0.25) is 0 Å². The Hall–Kier alpha value is -3.23. The molecule has 2 atom stereocenters. The molecule has 0 amide bonds. The van der Waals surface area contributed by atoms with Crippen molar-refractivity contribution in [3.05, 3.63) is 82.7 Å². The van der Waals surface area contributed by atoms with Crippen molar-refractivity contribution >= 4 is 11.5 Å². The van der Waals surface area contributed by atoms with Crippen molar-refractivity contribution in [2.75, 3.05) is 13.2 Å². The third-order valence-electron chi connectivity index (χ3n) is 5.89. The lowest BCUT2D eigenvalue weighted by atomic mass is 9.82.